The Morgan fingerprint density at radius 3 is 3.00 bits per heavy atom. The Morgan fingerprint density at radius 1 is 1.30 bits per heavy atom. The zero-order chi connectivity index (χ0) is 15.6. The molecule has 5 heteroatoms. The second kappa shape index (κ2) is 5.76. The minimum atomic E-state index is 0.0292. The molecule has 2 heterocycles. The normalized spacial score (nSPS) is 19.5. The van der Waals surface area contributed by atoms with Gasteiger partial charge in [0.2, 0.25) is 5.91 Å². The molecule has 1 aromatic carbocycles. The molecule has 0 saturated heterocycles. The second-order valence-electron chi connectivity index (χ2n) is 5.78. The van der Waals surface area contributed by atoms with Gasteiger partial charge in [-0.05, 0) is 30.2 Å². The molecule has 1 saturated carbocycles. The fraction of sp³-hybridized carbons (Fsp3) is 0.222. The van der Waals surface area contributed by atoms with E-state index in [1.165, 1.54) is 0 Å². The number of amides is 1. The lowest BCUT2D eigenvalue weighted by Crippen LogP contribution is -2.25. The molecular weight excluding hydrogens is 290 g/mol. The summed E-state index contributed by atoms with van der Waals surface area (Å²) in [7, 11) is 0. The van der Waals surface area contributed by atoms with Crippen LogP contribution in [-0.2, 0) is 11.3 Å². The number of nitrogens with one attached hydrogen (secondary N) is 1. The lowest BCUT2D eigenvalue weighted by atomic mass is 10.1. The third kappa shape index (κ3) is 2.77. The highest BCUT2D eigenvalue weighted by atomic mass is 16.3. The molecule has 2 atom stereocenters. The predicted molar refractivity (Wildman–Crippen MR) is 85.0 cm³/mol. The molecule has 1 amide bonds. The third-order valence-corrected chi connectivity index (χ3v) is 4.26. The number of imidazole rings is 1. The van der Waals surface area contributed by atoms with E-state index in [9.17, 15) is 4.79 Å². The quantitative estimate of drug-likeness (QED) is 0.788. The van der Waals surface area contributed by atoms with Gasteiger partial charge in [-0.2, -0.15) is 0 Å². The van der Waals surface area contributed by atoms with Crippen LogP contribution in [0.2, 0.25) is 0 Å². The summed E-state index contributed by atoms with van der Waals surface area (Å²) >= 11 is 0. The van der Waals surface area contributed by atoms with Gasteiger partial charge in [0.15, 0.2) is 0 Å². The second-order valence-corrected chi connectivity index (χ2v) is 5.78. The molecule has 0 aliphatic heterocycles. The van der Waals surface area contributed by atoms with Crippen molar-refractivity contribution in [2.24, 2.45) is 5.92 Å². The van der Waals surface area contributed by atoms with Crippen molar-refractivity contribution in [3.63, 3.8) is 0 Å². The summed E-state index contributed by atoms with van der Waals surface area (Å²) < 4.78 is 7.33. The minimum Gasteiger partial charge on any atom is -0.469 e. The monoisotopic (exact) mass is 307 g/mol. The van der Waals surface area contributed by atoms with Crippen molar-refractivity contribution < 1.29 is 9.21 Å². The van der Waals surface area contributed by atoms with Crippen molar-refractivity contribution in [3.8, 4) is 5.69 Å². The van der Waals surface area contributed by atoms with E-state index in [1.54, 1.807) is 18.8 Å². The van der Waals surface area contributed by atoms with E-state index in [2.05, 4.69) is 10.3 Å². The van der Waals surface area contributed by atoms with Crippen molar-refractivity contribution in [2.45, 2.75) is 18.9 Å². The number of para-hydroxylation sites is 1. The highest BCUT2D eigenvalue weighted by Crippen LogP contribution is 2.47. The zero-order valence-corrected chi connectivity index (χ0v) is 12.6. The molecule has 0 radical (unpaired) electrons. The number of carbonyl (C=O) groups excluding carboxylic acids is 1. The number of furan rings is 1. The van der Waals surface area contributed by atoms with E-state index in [0.717, 1.165) is 23.4 Å². The van der Waals surface area contributed by atoms with E-state index in [0.29, 0.717) is 6.54 Å². The topological polar surface area (TPSA) is 60.1 Å². The Morgan fingerprint density at radius 2 is 2.22 bits per heavy atom. The Kier molecular flexibility index (Phi) is 3.46. The van der Waals surface area contributed by atoms with E-state index < -0.39 is 0 Å². The lowest BCUT2D eigenvalue weighted by Gasteiger charge is -2.11. The van der Waals surface area contributed by atoms with Crippen molar-refractivity contribution in [2.75, 3.05) is 0 Å². The molecule has 5 nitrogen and oxygen atoms in total. The first-order chi connectivity index (χ1) is 11.3. The largest absolute Gasteiger partial charge is 0.469 e. The smallest absolute Gasteiger partial charge is 0.224 e. The standard InChI is InChI=1S/C18H17N3O2/c22-18(15-10-14(15)17-6-3-9-23-17)20-11-13-4-1-2-5-16(13)21-8-7-19-12-21/h1-9,12,14-15H,10-11H2,(H,20,22). The maximum absolute atomic E-state index is 12.3. The molecule has 1 aliphatic carbocycles. The molecule has 4 rings (SSSR count). The van der Waals surface area contributed by atoms with Crippen LogP contribution in [0.25, 0.3) is 5.69 Å². The van der Waals surface area contributed by atoms with Crippen molar-refractivity contribution >= 4 is 5.91 Å². The summed E-state index contributed by atoms with van der Waals surface area (Å²) in [4.78, 5) is 16.4. The molecule has 0 spiro atoms. The van der Waals surface area contributed by atoms with Crippen LogP contribution in [0.5, 0.6) is 0 Å². The average Bonchev–Trinajstić information content (AvgIpc) is 3.01. The van der Waals surface area contributed by atoms with Crippen LogP contribution in [-0.4, -0.2) is 15.5 Å². The van der Waals surface area contributed by atoms with Crippen LogP contribution in [0, 0.1) is 5.92 Å². The number of carbonyl (C=O) groups is 1. The molecule has 2 unspecified atom stereocenters. The number of rotatable bonds is 5. The maximum atomic E-state index is 12.3. The van der Waals surface area contributed by atoms with Crippen LogP contribution in [0.15, 0.2) is 65.8 Å². The Bertz CT molecular complexity index is 794. The minimum absolute atomic E-state index is 0.0292. The third-order valence-electron chi connectivity index (χ3n) is 4.26. The Hall–Kier alpha value is -2.82. The van der Waals surface area contributed by atoms with Gasteiger partial charge in [0.05, 0.1) is 18.3 Å². The van der Waals surface area contributed by atoms with E-state index in [-0.39, 0.29) is 17.7 Å². The maximum Gasteiger partial charge on any atom is 0.224 e. The van der Waals surface area contributed by atoms with Crippen LogP contribution < -0.4 is 5.32 Å². The van der Waals surface area contributed by atoms with Crippen LogP contribution in [0.3, 0.4) is 0 Å². The molecule has 116 valence electrons. The first kappa shape index (κ1) is 13.8. The first-order valence-corrected chi connectivity index (χ1v) is 7.70. The molecule has 23 heavy (non-hydrogen) atoms. The average molecular weight is 307 g/mol. The van der Waals surface area contributed by atoms with Gasteiger partial charge in [0, 0.05) is 30.8 Å². The SMILES string of the molecule is O=C(NCc1ccccc1-n1ccnc1)C1CC1c1ccco1. The van der Waals surface area contributed by atoms with Gasteiger partial charge in [0.1, 0.15) is 5.76 Å². The molecule has 3 aromatic rings. The van der Waals surface area contributed by atoms with Gasteiger partial charge in [-0.3, -0.25) is 4.79 Å². The number of benzene rings is 1. The molecule has 1 N–H and O–H groups in total. The lowest BCUT2D eigenvalue weighted by molar-refractivity contribution is -0.122. The summed E-state index contributed by atoms with van der Waals surface area (Å²) in [5, 5.41) is 3.04. The summed E-state index contributed by atoms with van der Waals surface area (Å²) in [6.07, 6.45) is 7.92. The van der Waals surface area contributed by atoms with Gasteiger partial charge < -0.3 is 14.3 Å². The summed E-state index contributed by atoms with van der Waals surface area (Å²) in [5.41, 5.74) is 2.10. The van der Waals surface area contributed by atoms with Gasteiger partial charge in [-0.25, -0.2) is 4.98 Å². The van der Waals surface area contributed by atoms with Crippen LogP contribution in [0.1, 0.15) is 23.7 Å². The fourth-order valence-electron chi connectivity index (χ4n) is 2.93. The number of hydrogen-bond acceptors (Lipinski definition) is 3. The van der Waals surface area contributed by atoms with Crippen molar-refractivity contribution in [1.29, 1.82) is 0 Å². The van der Waals surface area contributed by atoms with Gasteiger partial charge in [-0.15, -0.1) is 0 Å². The highest BCUT2D eigenvalue weighted by Gasteiger charge is 2.45. The number of hydrogen-bond donors (Lipinski definition) is 1. The predicted octanol–water partition coefficient (Wildman–Crippen LogP) is 2.89. The summed E-state index contributed by atoms with van der Waals surface area (Å²) in [6.45, 7) is 0.508. The number of aromatic nitrogens is 2. The van der Waals surface area contributed by atoms with Crippen LogP contribution in [0.4, 0.5) is 0 Å². The fourth-order valence-corrected chi connectivity index (χ4v) is 2.93. The molecule has 1 fully saturated rings. The van der Waals surface area contributed by atoms with E-state index >= 15 is 0 Å². The molecule has 0 bridgehead atoms. The van der Waals surface area contributed by atoms with Gasteiger partial charge in [-0.1, -0.05) is 18.2 Å². The highest BCUT2D eigenvalue weighted by molar-refractivity contribution is 5.82. The van der Waals surface area contributed by atoms with Crippen molar-refractivity contribution in [1.82, 2.24) is 14.9 Å². The summed E-state index contributed by atoms with van der Waals surface area (Å²) in [6, 6.07) is 11.8. The molecule has 1 aliphatic rings. The van der Waals surface area contributed by atoms with E-state index in [4.69, 9.17) is 4.42 Å². The van der Waals surface area contributed by atoms with Gasteiger partial charge in [0.25, 0.3) is 0 Å². The Balaban J connectivity index is 1.41. The molecule has 2 aromatic heterocycles. The van der Waals surface area contributed by atoms with Crippen molar-refractivity contribution in [3.05, 3.63) is 72.7 Å². The Labute approximate surface area is 134 Å². The molecular formula is C18H17N3O2. The van der Waals surface area contributed by atoms with Gasteiger partial charge >= 0.3 is 0 Å². The van der Waals surface area contributed by atoms with Crippen LogP contribution >= 0.6 is 0 Å². The zero-order valence-electron chi connectivity index (χ0n) is 12.6. The first-order valence-electron chi connectivity index (χ1n) is 7.70. The number of nitrogens with zero attached hydrogens (tertiary/aromatic N) is 2. The summed E-state index contributed by atoms with van der Waals surface area (Å²) in [5.74, 6) is 1.26. The van der Waals surface area contributed by atoms with E-state index in [1.807, 2.05) is 47.2 Å².